The average Bonchev–Trinajstić information content (AvgIpc) is 2.86. The first-order valence-electron chi connectivity index (χ1n) is 6.00. The molecule has 0 fully saturated rings. The highest BCUT2D eigenvalue weighted by Gasteiger charge is 2.26. The van der Waals surface area contributed by atoms with E-state index in [-0.39, 0.29) is 18.5 Å². The lowest BCUT2D eigenvalue weighted by Gasteiger charge is -2.13. The SMILES string of the molecule is CCC(C)C(=O)C(C#N)c1ccc2c(c1)OCO2. The summed E-state index contributed by atoms with van der Waals surface area (Å²) >= 11 is 0. The van der Waals surface area contributed by atoms with Crippen molar-refractivity contribution in [1.29, 1.82) is 5.26 Å². The van der Waals surface area contributed by atoms with Crippen LogP contribution in [0.2, 0.25) is 0 Å². The van der Waals surface area contributed by atoms with Gasteiger partial charge in [-0.3, -0.25) is 4.79 Å². The van der Waals surface area contributed by atoms with Gasteiger partial charge in [-0.25, -0.2) is 0 Å². The van der Waals surface area contributed by atoms with Gasteiger partial charge in [0.1, 0.15) is 5.92 Å². The highest BCUT2D eigenvalue weighted by atomic mass is 16.7. The van der Waals surface area contributed by atoms with Crippen LogP contribution in [0.3, 0.4) is 0 Å². The fourth-order valence-electron chi connectivity index (χ4n) is 1.88. The lowest BCUT2D eigenvalue weighted by Crippen LogP contribution is -2.18. The molecule has 0 bridgehead atoms. The van der Waals surface area contributed by atoms with Gasteiger partial charge in [0.25, 0.3) is 0 Å². The summed E-state index contributed by atoms with van der Waals surface area (Å²) in [6.07, 6.45) is 0.738. The van der Waals surface area contributed by atoms with Crippen LogP contribution in [0.4, 0.5) is 0 Å². The first kappa shape index (κ1) is 12.4. The van der Waals surface area contributed by atoms with E-state index in [0.29, 0.717) is 17.1 Å². The summed E-state index contributed by atoms with van der Waals surface area (Å²) in [6.45, 7) is 3.98. The number of nitrogens with zero attached hydrogens (tertiary/aromatic N) is 1. The molecule has 2 rings (SSSR count). The number of hydrogen-bond acceptors (Lipinski definition) is 4. The lowest BCUT2D eigenvalue weighted by atomic mass is 9.88. The van der Waals surface area contributed by atoms with E-state index in [9.17, 15) is 10.1 Å². The number of rotatable bonds is 4. The third-order valence-electron chi connectivity index (χ3n) is 3.24. The predicted molar refractivity (Wildman–Crippen MR) is 65.4 cm³/mol. The fraction of sp³-hybridized carbons (Fsp3) is 0.429. The quantitative estimate of drug-likeness (QED) is 0.818. The fourth-order valence-corrected chi connectivity index (χ4v) is 1.88. The Morgan fingerprint density at radius 2 is 2.17 bits per heavy atom. The minimum Gasteiger partial charge on any atom is -0.454 e. The van der Waals surface area contributed by atoms with Gasteiger partial charge < -0.3 is 9.47 Å². The van der Waals surface area contributed by atoms with Gasteiger partial charge in [0.2, 0.25) is 6.79 Å². The largest absolute Gasteiger partial charge is 0.454 e. The third kappa shape index (κ3) is 2.17. The van der Waals surface area contributed by atoms with E-state index in [1.54, 1.807) is 18.2 Å². The van der Waals surface area contributed by atoms with E-state index in [4.69, 9.17) is 9.47 Å². The number of ketones is 1. The summed E-state index contributed by atoms with van der Waals surface area (Å²) in [7, 11) is 0. The summed E-state index contributed by atoms with van der Waals surface area (Å²) in [5, 5.41) is 9.20. The van der Waals surface area contributed by atoms with Crippen molar-refractivity contribution in [3.8, 4) is 17.6 Å². The van der Waals surface area contributed by atoms with Crippen molar-refractivity contribution in [2.24, 2.45) is 5.92 Å². The van der Waals surface area contributed by atoms with Crippen molar-refractivity contribution in [1.82, 2.24) is 0 Å². The number of fused-ring (bicyclic) bond motifs is 1. The molecule has 2 atom stereocenters. The topological polar surface area (TPSA) is 59.3 Å². The molecule has 0 N–H and O–H groups in total. The van der Waals surface area contributed by atoms with Crippen LogP contribution in [0.15, 0.2) is 18.2 Å². The molecule has 4 heteroatoms. The zero-order chi connectivity index (χ0) is 13.1. The number of nitriles is 1. The third-order valence-corrected chi connectivity index (χ3v) is 3.24. The standard InChI is InChI=1S/C14H15NO3/c1-3-9(2)14(16)11(7-15)10-4-5-12-13(6-10)18-8-17-12/h4-6,9,11H,3,8H2,1-2H3. The Morgan fingerprint density at radius 3 is 2.83 bits per heavy atom. The molecule has 1 heterocycles. The molecular weight excluding hydrogens is 230 g/mol. The molecule has 0 radical (unpaired) electrons. The van der Waals surface area contributed by atoms with Crippen LogP contribution >= 0.6 is 0 Å². The van der Waals surface area contributed by atoms with Crippen LogP contribution in [0.1, 0.15) is 31.7 Å². The van der Waals surface area contributed by atoms with Gasteiger partial charge in [0, 0.05) is 5.92 Å². The number of carbonyl (C=O) groups is 1. The van der Waals surface area contributed by atoms with Gasteiger partial charge >= 0.3 is 0 Å². The number of benzene rings is 1. The summed E-state index contributed by atoms with van der Waals surface area (Å²) in [6, 6.07) is 7.29. The van der Waals surface area contributed by atoms with Crippen LogP contribution in [0.5, 0.6) is 11.5 Å². The summed E-state index contributed by atoms with van der Waals surface area (Å²) < 4.78 is 10.5. The molecule has 0 amide bonds. The number of carbonyl (C=O) groups excluding carboxylic acids is 1. The maximum Gasteiger partial charge on any atom is 0.231 e. The van der Waals surface area contributed by atoms with E-state index < -0.39 is 5.92 Å². The monoisotopic (exact) mass is 245 g/mol. The maximum atomic E-state index is 12.1. The van der Waals surface area contributed by atoms with E-state index in [0.717, 1.165) is 6.42 Å². The lowest BCUT2D eigenvalue weighted by molar-refractivity contribution is -0.122. The van der Waals surface area contributed by atoms with Gasteiger partial charge in [-0.15, -0.1) is 0 Å². The van der Waals surface area contributed by atoms with Crippen LogP contribution in [0.25, 0.3) is 0 Å². The van der Waals surface area contributed by atoms with Crippen LogP contribution in [-0.2, 0) is 4.79 Å². The molecule has 0 spiro atoms. The second-order valence-corrected chi connectivity index (χ2v) is 4.39. The average molecular weight is 245 g/mol. The summed E-state index contributed by atoms with van der Waals surface area (Å²) in [5.41, 5.74) is 0.673. The van der Waals surface area contributed by atoms with Crippen molar-refractivity contribution in [3.63, 3.8) is 0 Å². The van der Waals surface area contributed by atoms with E-state index in [2.05, 4.69) is 6.07 Å². The molecule has 1 aliphatic rings. The van der Waals surface area contributed by atoms with E-state index >= 15 is 0 Å². The normalized spacial score (nSPS) is 15.8. The molecule has 0 aromatic heterocycles. The molecule has 0 saturated heterocycles. The number of Topliss-reactive ketones (excluding diaryl/α,β-unsaturated/α-hetero) is 1. The molecular formula is C14H15NO3. The Kier molecular flexibility index (Phi) is 3.52. The van der Waals surface area contributed by atoms with Gasteiger partial charge in [0.05, 0.1) is 6.07 Å². The zero-order valence-corrected chi connectivity index (χ0v) is 10.5. The minimum atomic E-state index is -0.727. The van der Waals surface area contributed by atoms with Crippen molar-refractivity contribution in [2.75, 3.05) is 6.79 Å². The molecule has 4 nitrogen and oxygen atoms in total. The zero-order valence-electron chi connectivity index (χ0n) is 10.5. The van der Waals surface area contributed by atoms with Gasteiger partial charge in [-0.2, -0.15) is 5.26 Å². The van der Waals surface area contributed by atoms with E-state index in [1.165, 1.54) is 0 Å². The highest BCUT2D eigenvalue weighted by Crippen LogP contribution is 2.35. The second kappa shape index (κ2) is 5.09. The molecule has 1 aliphatic heterocycles. The molecule has 18 heavy (non-hydrogen) atoms. The Morgan fingerprint density at radius 1 is 1.44 bits per heavy atom. The summed E-state index contributed by atoms with van der Waals surface area (Å²) in [4.78, 5) is 12.1. The van der Waals surface area contributed by atoms with Crippen molar-refractivity contribution in [2.45, 2.75) is 26.2 Å². The van der Waals surface area contributed by atoms with Gasteiger partial charge in [0.15, 0.2) is 17.3 Å². The minimum absolute atomic E-state index is 0.0427. The van der Waals surface area contributed by atoms with Crippen LogP contribution in [0, 0.1) is 17.2 Å². The first-order valence-corrected chi connectivity index (χ1v) is 6.00. The Balaban J connectivity index is 2.29. The molecule has 0 saturated carbocycles. The molecule has 94 valence electrons. The molecule has 0 aliphatic carbocycles. The smallest absolute Gasteiger partial charge is 0.231 e. The Bertz CT molecular complexity index is 504. The van der Waals surface area contributed by atoms with Crippen molar-refractivity contribution in [3.05, 3.63) is 23.8 Å². The highest BCUT2D eigenvalue weighted by molar-refractivity contribution is 5.90. The van der Waals surface area contributed by atoms with E-state index in [1.807, 2.05) is 13.8 Å². The van der Waals surface area contributed by atoms with Crippen molar-refractivity contribution < 1.29 is 14.3 Å². The maximum absolute atomic E-state index is 12.1. The molecule has 1 aromatic carbocycles. The van der Waals surface area contributed by atoms with Crippen LogP contribution < -0.4 is 9.47 Å². The summed E-state index contributed by atoms with van der Waals surface area (Å²) in [5.74, 6) is 0.379. The number of hydrogen-bond donors (Lipinski definition) is 0. The molecule has 2 unspecified atom stereocenters. The Hall–Kier alpha value is -2.02. The van der Waals surface area contributed by atoms with Gasteiger partial charge in [-0.05, 0) is 24.1 Å². The molecule has 1 aromatic rings. The van der Waals surface area contributed by atoms with Gasteiger partial charge in [-0.1, -0.05) is 19.9 Å². The van der Waals surface area contributed by atoms with Crippen LogP contribution in [-0.4, -0.2) is 12.6 Å². The Labute approximate surface area is 106 Å². The van der Waals surface area contributed by atoms with Crippen molar-refractivity contribution >= 4 is 5.78 Å². The predicted octanol–water partition coefficient (Wildman–Crippen LogP) is 2.64. The first-order chi connectivity index (χ1) is 8.67. The number of ether oxygens (including phenoxy) is 2. The second-order valence-electron chi connectivity index (χ2n) is 4.39.